The van der Waals surface area contributed by atoms with Gasteiger partial charge >= 0.3 is 5.97 Å². The zero-order valence-electron chi connectivity index (χ0n) is 18.0. The summed E-state index contributed by atoms with van der Waals surface area (Å²) in [7, 11) is 3.07. The van der Waals surface area contributed by atoms with Gasteiger partial charge in [0.25, 0.3) is 5.91 Å². The predicted octanol–water partition coefficient (Wildman–Crippen LogP) is 3.47. The predicted molar refractivity (Wildman–Crippen MR) is 124 cm³/mol. The Morgan fingerprint density at radius 1 is 1.03 bits per heavy atom. The van der Waals surface area contributed by atoms with Crippen molar-refractivity contribution in [1.29, 1.82) is 0 Å². The molecule has 1 aliphatic heterocycles. The number of anilines is 2. The van der Waals surface area contributed by atoms with Gasteiger partial charge in [-0.15, -0.1) is 0 Å². The molecule has 3 fully saturated rings. The van der Waals surface area contributed by atoms with E-state index >= 15 is 0 Å². The molecule has 2 aliphatic carbocycles. The summed E-state index contributed by atoms with van der Waals surface area (Å²) in [5.74, 6) is -0.237. The van der Waals surface area contributed by atoms with Gasteiger partial charge in [0, 0.05) is 23.2 Å². The molecule has 0 radical (unpaired) electrons. The SMILES string of the molecule is COc1ccc(NC(=O)c2ccc(NC(=O)[C@@H]3[C@H]4C[C@H]5[C@H](OC(=O)[C@H]53)[C@H]4Br)cc2)c(OC)c1. The average Bonchev–Trinajstić information content (AvgIpc) is 3.44. The Morgan fingerprint density at radius 2 is 1.79 bits per heavy atom. The molecule has 2 aromatic rings. The third-order valence-corrected chi connectivity index (χ3v) is 8.10. The summed E-state index contributed by atoms with van der Waals surface area (Å²) in [4.78, 5) is 38.0. The van der Waals surface area contributed by atoms with Gasteiger partial charge in [0.05, 0.1) is 36.6 Å². The van der Waals surface area contributed by atoms with Crippen LogP contribution in [0.3, 0.4) is 0 Å². The molecule has 172 valence electrons. The Kier molecular flexibility index (Phi) is 5.52. The van der Waals surface area contributed by atoms with E-state index in [1.165, 1.54) is 7.11 Å². The molecular formula is C24H23BrN2O6. The van der Waals surface area contributed by atoms with E-state index in [-0.39, 0.29) is 46.5 Å². The quantitative estimate of drug-likeness (QED) is 0.451. The third kappa shape index (κ3) is 3.64. The second-order valence-electron chi connectivity index (χ2n) is 8.55. The van der Waals surface area contributed by atoms with E-state index in [0.717, 1.165) is 6.42 Å². The van der Waals surface area contributed by atoms with Crippen LogP contribution >= 0.6 is 15.9 Å². The van der Waals surface area contributed by atoms with Crippen molar-refractivity contribution in [3.8, 4) is 11.5 Å². The lowest BCUT2D eigenvalue weighted by molar-refractivity contribution is -0.145. The molecule has 2 amide bonds. The van der Waals surface area contributed by atoms with Crippen LogP contribution in [-0.2, 0) is 14.3 Å². The highest BCUT2D eigenvalue weighted by atomic mass is 79.9. The molecule has 5 rings (SSSR count). The fourth-order valence-corrected chi connectivity index (χ4v) is 6.40. The minimum Gasteiger partial charge on any atom is -0.497 e. The maximum Gasteiger partial charge on any atom is 0.310 e. The van der Waals surface area contributed by atoms with Crippen LogP contribution < -0.4 is 20.1 Å². The second kappa shape index (κ2) is 8.37. The number of hydrogen-bond donors (Lipinski definition) is 2. The van der Waals surface area contributed by atoms with Gasteiger partial charge < -0.3 is 24.8 Å². The van der Waals surface area contributed by atoms with Crippen molar-refractivity contribution in [3.63, 3.8) is 0 Å². The number of methoxy groups -OCH3 is 2. The number of hydrogen-bond acceptors (Lipinski definition) is 6. The van der Waals surface area contributed by atoms with E-state index in [1.807, 2.05) is 0 Å². The van der Waals surface area contributed by atoms with E-state index in [0.29, 0.717) is 28.4 Å². The van der Waals surface area contributed by atoms with Crippen molar-refractivity contribution < 1.29 is 28.6 Å². The Morgan fingerprint density at radius 3 is 2.48 bits per heavy atom. The fourth-order valence-electron chi connectivity index (χ4n) is 5.36. The van der Waals surface area contributed by atoms with Crippen LogP contribution in [0.2, 0.25) is 0 Å². The minimum atomic E-state index is -0.406. The zero-order chi connectivity index (χ0) is 23.3. The lowest BCUT2D eigenvalue weighted by Crippen LogP contribution is -2.40. The van der Waals surface area contributed by atoms with Crippen molar-refractivity contribution in [2.24, 2.45) is 23.7 Å². The van der Waals surface area contributed by atoms with Gasteiger partial charge in [0.2, 0.25) is 5.91 Å². The summed E-state index contributed by atoms with van der Waals surface area (Å²) in [6.07, 6.45) is 0.710. The number of fused-ring (bicyclic) bond motifs is 1. The first-order chi connectivity index (χ1) is 15.9. The Hall–Kier alpha value is -3.07. The number of amides is 2. The van der Waals surface area contributed by atoms with E-state index in [2.05, 4.69) is 26.6 Å². The van der Waals surface area contributed by atoms with Crippen molar-refractivity contribution in [2.45, 2.75) is 17.4 Å². The Labute approximate surface area is 199 Å². The fraction of sp³-hybridized carbons (Fsp3) is 0.375. The first kappa shape index (κ1) is 21.8. The standard InChI is InChI=1S/C24H23BrN2O6/c1-31-13-7-8-16(17(9-13)32-2)27-22(28)11-3-5-12(6-4-11)26-23(29)18-14-10-15-19(18)24(30)33-21(15)20(14)25/h3-9,14-15,18-21H,10H2,1-2H3,(H,26,29)(H,27,28)/t14-,15-,18-,19-,20+,21+/m1/s1. The minimum absolute atomic E-state index is 0.0157. The highest BCUT2D eigenvalue weighted by molar-refractivity contribution is 9.09. The van der Waals surface area contributed by atoms with Crippen LogP contribution in [-0.4, -0.2) is 42.9 Å². The molecule has 2 bridgehead atoms. The van der Waals surface area contributed by atoms with Crippen molar-refractivity contribution in [1.82, 2.24) is 0 Å². The number of benzene rings is 2. The molecule has 0 unspecified atom stereocenters. The monoisotopic (exact) mass is 514 g/mol. The van der Waals surface area contributed by atoms with Crippen molar-refractivity contribution >= 4 is 45.1 Å². The van der Waals surface area contributed by atoms with Crippen LogP contribution in [0.4, 0.5) is 11.4 Å². The summed E-state index contributed by atoms with van der Waals surface area (Å²) in [6, 6.07) is 11.7. The first-order valence-corrected chi connectivity index (χ1v) is 11.6. The number of esters is 1. The third-order valence-electron chi connectivity index (χ3n) is 6.90. The molecular weight excluding hydrogens is 492 g/mol. The smallest absolute Gasteiger partial charge is 0.310 e. The topological polar surface area (TPSA) is 103 Å². The average molecular weight is 515 g/mol. The van der Waals surface area contributed by atoms with Crippen LogP contribution in [0.25, 0.3) is 0 Å². The lowest BCUT2D eigenvalue weighted by Gasteiger charge is -2.27. The maximum absolute atomic E-state index is 13.0. The van der Waals surface area contributed by atoms with Gasteiger partial charge in [-0.3, -0.25) is 14.4 Å². The van der Waals surface area contributed by atoms with Gasteiger partial charge in [-0.05, 0) is 48.7 Å². The summed E-state index contributed by atoms with van der Waals surface area (Å²) in [5.41, 5.74) is 1.51. The molecule has 2 aromatic carbocycles. The Balaban J connectivity index is 1.25. The number of halogens is 1. The number of nitrogens with one attached hydrogen (secondary N) is 2. The number of carbonyl (C=O) groups excluding carboxylic acids is 3. The molecule has 2 saturated carbocycles. The molecule has 1 heterocycles. The summed E-state index contributed by atoms with van der Waals surface area (Å²) in [6.45, 7) is 0. The molecule has 9 heteroatoms. The van der Waals surface area contributed by atoms with Gasteiger partial charge in [-0.1, -0.05) is 15.9 Å². The molecule has 6 atom stereocenters. The number of alkyl halides is 1. The van der Waals surface area contributed by atoms with Crippen LogP contribution in [0.15, 0.2) is 42.5 Å². The highest BCUT2D eigenvalue weighted by Gasteiger charge is 2.67. The summed E-state index contributed by atoms with van der Waals surface area (Å²) in [5, 5.41) is 5.72. The van der Waals surface area contributed by atoms with E-state index in [4.69, 9.17) is 14.2 Å². The number of rotatable bonds is 6. The zero-order valence-corrected chi connectivity index (χ0v) is 19.6. The van der Waals surface area contributed by atoms with Crippen LogP contribution in [0.5, 0.6) is 11.5 Å². The number of carbonyl (C=O) groups is 3. The molecule has 8 nitrogen and oxygen atoms in total. The molecule has 3 aliphatic rings. The van der Waals surface area contributed by atoms with E-state index in [1.54, 1.807) is 49.6 Å². The molecule has 2 N–H and O–H groups in total. The second-order valence-corrected chi connectivity index (χ2v) is 9.61. The molecule has 0 spiro atoms. The van der Waals surface area contributed by atoms with Crippen molar-refractivity contribution in [2.75, 3.05) is 24.9 Å². The summed E-state index contributed by atoms with van der Waals surface area (Å²) >= 11 is 3.62. The summed E-state index contributed by atoms with van der Waals surface area (Å²) < 4.78 is 16.0. The highest BCUT2D eigenvalue weighted by Crippen LogP contribution is 2.60. The maximum atomic E-state index is 13.0. The van der Waals surface area contributed by atoms with Crippen LogP contribution in [0, 0.1) is 23.7 Å². The van der Waals surface area contributed by atoms with Gasteiger partial charge in [-0.2, -0.15) is 0 Å². The van der Waals surface area contributed by atoms with E-state index < -0.39 is 5.92 Å². The Bertz CT molecular complexity index is 1120. The van der Waals surface area contributed by atoms with E-state index in [9.17, 15) is 14.4 Å². The first-order valence-electron chi connectivity index (χ1n) is 10.7. The van der Waals surface area contributed by atoms with Crippen molar-refractivity contribution in [3.05, 3.63) is 48.0 Å². The van der Waals surface area contributed by atoms with Crippen LogP contribution in [0.1, 0.15) is 16.8 Å². The van der Waals surface area contributed by atoms with Gasteiger partial charge in [0.1, 0.15) is 17.6 Å². The number of ether oxygens (including phenoxy) is 3. The van der Waals surface area contributed by atoms with Gasteiger partial charge in [-0.25, -0.2) is 0 Å². The molecule has 0 aromatic heterocycles. The molecule has 33 heavy (non-hydrogen) atoms. The molecule has 1 saturated heterocycles. The van der Waals surface area contributed by atoms with Gasteiger partial charge in [0.15, 0.2) is 0 Å². The lowest BCUT2D eigenvalue weighted by atomic mass is 9.79. The normalized spacial score (nSPS) is 28.9. The largest absolute Gasteiger partial charge is 0.497 e.